The highest BCUT2D eigenvalue weighted by molar-refractivity contribution is 7.89. The van der Waals surface area contributed by atoms with Gasteiger partial charge in [0.1, 0.15) is 5.75 Å². The normalized spacial score (nSPS) is 15.8. The van der Waals surface area contributed by atoms with Crippen LogP contribution in [0.5, 0.6) is 5.75 Å². The van der Waals surface area contributed by atoms with Crippen molar-refractivity contribution in [3.05, 3.63) is 66.7 Å². The van der Waals surface area contributed by atoms with Gasteiger partial charge >= 0.3 is 0 Å². The second kappa shape index (κ2) is 8.45. The molecule has 0 saturated carbocycles. The van der Waals surface area contributed by atoms with Crippen molar-refractivity contribution < 1.29 is 17.9 Å². The quantitative estimate of drug-likeness (QED) is 0.648. The lowest BCUT2D eigenvalue weighted by Gasteiger charge is -2.17. The van der Waals surface area contributed by atoms with Gasteiger partial charge in [-0.25, -0.2) is 8.42 Å². The van der Waals surface area contributed by atoms with Gasteiger partial charge in [-0.15, -0.1) is 0 Å². The van der Waals surface area contributed by atoms with E-state index < -0.39 is 16.1 Å². The number of carbonyl (C=O) groups excluding carboxylic acids is 1. The minimum atomic E-state index is -3.46. The Balaban J connectivity index is 1.40. The molecule has 1 atom stereocenters. The predicted molar refractivity (Wildman–Crippen MR) is 117 cm³/mol. The summed E-state index contributed by atoms with van der Waals surface area (Å²) in [6, 6.07) is 19.9. The third-order valence-electron chi connectivity index (χ3n) is 5.23. The zero-order valence-electron chi connectivity index (χ0n) is 16.7. The summed E-state index contributed by atoms with van der Waals surface area (Å²) < 4.78 is 32.5. The molecular weight excluding hydrogens is 400 g/mol. The topological polar surface area (TPSA) is 75.7 Å². The fourth-order valence-electron chi connectivity index (χ4n) is 3.53. The zero-order chi connectivity index (χ0) is 21.1. The second-order valence-corrected chi connectivity index (χ2v) is 9.33. The minimum absolute atomic E-state index is 0.239. The first-order valence-corrected chi connectivity index (χ1v) is 11.4. The first-order valence-electron chi connectivity index (χ1n) is 10.00. The number of amides is 1. The van der Waals surface area contributed by atoms with Gasteiger partial charge in [0.05, 0.1) is 4.90 Å². The van der Waals surface area contributed by atoms with Crippen LogP contribution in [0, 0.1) is 0 Å². The van der Waals surface area contributed by atoms with Crippen LogP contribution < -0.4 is 10.1 Å². The van der Waals surface area contributed by atoms with Gasteiger partial charge in [-0.2, -0.15) is 4.31 Å². The Hall–Kier alpha value is -2.90. The summed E-state index contributed by atoms with van der Waals surface area (Å²) in [5.74, 6) is 0.307. The van der Waals surface area contributed by atoms with E-state index in [1.165, 1.54) is 16.4 Å². The maximum absolute atomic E-state index is 12.6. The van der Waals surface area contributed by atoms with E-state index in [4.69, 9.17) is 4.74 Å². The number of benzene rings is 3. The predicted octanol–water partition coefficient (Wildman–Crippen LogP) is 4.03. The monoisotopic (exact) mass is 424 g/mol. The smallest absolute Gasteiger partial charge is 0.265 e. The Morgan fingerprint density at radius 2 is 1.63 bits per heavy atom. The highest BCUT2D eigenvalue weighted by Crippen LogP contribution is 2.23. The van der Waals surface area contributed by atoms with Gasteiger partial charge < -0.3 is 10.1 Å². The molecule has 1 N–H and O–H groups in total. The van der Waals surface area contributed by atoms with Crippen molar-refractivity contribution in [1.82, 2.24) is 4.31 Å². The van der Waals surface area contributed by atoms with Crippen LogP contribution in [0.4, 0.5) is 5.69 Å². The number of hydrogen-bond donors (Lipinski definition) is 1. The minimum Gasteiger partial charge on any atom is -0.481 e. The lowest BCUT2D eigenvalue weighted by molar-refractivity contribution is -0.122. The highest BCUT2D eigenvalue weighted by atomic mass is 32.2. The van der Waals surface area contributed by atoms with Crippen molar-refractivity contribution >= 4 is 32.4 Å². The fraction of sp³-hybridized carbons (Fsp3) is 0.261. The van der Waals surface area contributed by atoms with Crippen LogP contribution in [0.2, 0.25) is 0 Å². The van der Waals surface area contributed by atoms with Crippen LogP contribution in [-0.2, 0) is 14.8 Å². The molecule has 0 unspecified atom stereocenters. The molecule has 4 rings (SSSR count). The van der Waals surface area contributed by atoms with E-state index in [2.05, 4.69) is 5.32 Å². The lowest BCUT2D eigenvalue weighted by atomic mass is 10.1. The van der Waals surface area contributed by atoms with Gasteiger partial charge in [-0.3, -0.25) is 4.79 Å². The van der Waals surface area contributed by atoms with Crippen molar-refractivity contribution in [3.63, 3.8) is 0 Å². The molecule has 0 bridgehead atoms. The van der Waals surface area contributed by atoms with Crippen molar-refractivity contribution in [2.75, 3.05) is 18.4 Å². The van der Waals surface area contributed by atoms with Gasteiger partial charge in [0.15, 0.2) is 6.10 Å². The third-order valence-corrected chi connectivity index (χ3v) is 7.14. The average molecular weight is 425 g/mol. The van der Waals surface area contributed by atoms with Crippen molar-refractivity contribution in [2.45, 2.75) is 30.8 Å². The summed E-state index contributed by atoms with van der Waals surface area (Å²) >= 11 is 0. The van der Waals surface area contributed by atoms with Crippen LogP contribution in [0.1, 0.15) is 19.8 Å². The Kier molecular flexibility index (Phi) is 5.74. The van der Waals surface area contributed by atoms with E-state index in [9.17, 15) is 13.2 Å². The number of carbonyl (C=O) groups is 1. The van der Waals surface area contributed by atoms with E-state index in [-0.39, 0.29) is 10.8 Å². The van der Waals surface area contributed by atoms with Crippen LogP contribution in [0.3, 0.4) is 0 Å². The molecule has 0 spiro atoms. The maximum Gasteiger partial charge on any atom is 0.265 e. The van der Waals surface area contributed by atoms with E-state index >= 15 is 0 Å². The summed E-state index contributed by atoms with van der Waals surface area (Å²) in [7, 11) is -3.46. The first kappa shape index (κ1) is 20.4. The number of sulfonamides is 1. The summed E-state index contributed by atoms with van der Waals surface area (Å²) in [4.78, 5) is 12.7. The molecule has 30 heavy (non-hydrogen) atoms. The van der Waals surface area contributed by atoms with Crippen LogP contribution in [0.15, 0.2) is 71.6 Å². The van der Waals surface area contributed by atoms with E-state index in [1.807, 2.05) is 42.5 Å². The van der Waals surface area contributed by atoms with E-state index in [1.54, 1.807) is 19.1 Å². The van der Waals surface area contributed by atoms with Gasteiger partial charge in [0, 0.05) is 18.8 Å². The Morgan fingerprint density at radius 3 is 2.33 bits per heavy atom. The molecule has 1 saturated heterocycles. The Bertz CT molecular complexity index is 1150. The standard InChI is InChI=1S/C23H24N2O4S/c1-17(29-21-11-8-18-6-2-3-7-19(18)16-21)23(26)24-20-9-12-22(13-10-20)30(27,28)25-14-4-5-15-25/h2-3,6-13,16-17H,4-5,14-15H2,1H3,(H,24,26)/t17-/m0/s1. The number of nitrogens with one attached hydrogen (secondary N) is 1. The van der Waals surface area contributed by atoms with E-state index in [0.29, 0.717) is 24.5 Å². The summed E-state index contributed by atoms with van der Waals surface area (Å²) in [6.45, 7) is 2.80. The molecule has 3 aromatic carbocycles. The maximum atomic E-state index is 12.6. The molecule has 1 amide bonds. The lowest BCUT2D eigenvalue weighted by Crippen LogP contribution is -2.30. The van der Waals surface area contributed by atoms with Crippen molar-refractivity contribution in [3.8, 4) is 5.75 Å². The fourth-order valence-corrected chi connectivity index (χ4v) is 5.05. The molecule has 1 aliphatic heterocycles. The first-order chi connectivity index (χ1) is 14.4. The molecule has 6 nitrogen and oxygen atoms in total. The van der Waals surface area contributed by atoms with E-state index in [0.717, 1.165) is 23.6 Å². The highest BCUT2D eigenvalue weighted by Gasteiger charge is 2.27. The molecule has 1 aliphatic rings. The molecule has 156 valence electrons. The van der Waals surface area contributed by atoms with Gasteiger partial charge in [0.25, 0.3) is 5.91 Å². The van der Waals surface area contributed by atoms with Gasteiger partial charge in [-0.05, 0) is 66.9 Å². The molecule has 7 heteroatoms. The third kappa shape index (κ3) is 4.32. The van der Waals surface area contributed by atoms with Gasteiger partial charge in [0.2, 0.25) is 10.0 Å². The largest absolute Gasteiger partial charge is 0.481 e. The molecule has 0 aromatic heterocycles. The molecule has 0 aliphatic carbocycles. The van der Waals surface area contributed by atoms with Crippen molar-refractivity contribution in [1.29, 1.82) is 0 Å². The molecule has 0 radical (unpaired) electrons. The zero-order valence-corrected chi connectivity index (χ0v) is 17.6. The number of nitrogens with zero attached hydrogens (tertiary/aromatic N) is 1. The molecular formula is C23H24N2O4S. The Morgan fingerprint density at radius 1 is 0.967 bits per heavy atom. The second-order valence-electron chi connectivity index (χ2n) is 7.39. The summed E-state index contributed by atoms with van der Waals surface area (Å²) in [5.41, 5.74) is 0.523. The Labute approximate surface area is 176 Å². The van der Waals surface area contributed by atoms with Gasteiger partial charge in [-0.1, -0.05) is 30.3 Å². The number of fused-ring (bicyclic) bond motifs is 1. The molecule has 1 fully saturated rings. The van der Waals surface area contributed by atoms with Crippen LogP contribution in [0.25, 0.3) is 10.8 Å². The van der Waals surface area contributed by atoms with Crippen molar-refractivity contribution in [2.24, 2.45) is 0 Å². The summed E-state index contributed by atoms with van der Waals surface area (Å²) in [6.07, 6.45) is 1.07. The molecule has 1 heterocycles. The van der Waals surface area contributed by atoms with Crippen LogP contribution >= 0.6 is 0 Å². The average Bonchev–Trinajstić information content (AvgIpc) is 3.30. The number of hydrogen-bond acceptors (Lipinski definition) is 4. The number of ether oxygens (including phenoxy) is 1. The summed E-state index contributed by atoms with van der Waals surface area (Å²) in [5, 5.41) is 4.92. The number of anilines is 1. The molecule has 3 aromatic rings. The van der Waals surface area contributed by atoms with Crippen LogP contribution in [-0.4, -0.2) is 37.8 Å². The SMILES string of the molecule is C[C@H](Oc1ccc2ccccc2c1)C(=O)Nc1ccc(S(=O)(=O)N2CCCC2)cc1. The number of rotatable bonds is 6.